The Labute approximate surface area is 106 Å². The molecule has 1 atom stereocenters. The highest BCUT2D eigenvalue weighted by Gasteiger charge is 2.20. The van der Waals surface area contributed by atoms with Crippen molar-refractivity contribution in [2.75, 3.05) is 6.61 Å². The number of aromatic nitrogens is 1. The standard InChI is InChI=1S/C13H18N2O3/c1-4-18-13(17)10(14)7-12(16)11-6-8(2)5-9(3)15-11/h5-6,10H,4,7,14H2,1-3H3. The van der Waals surface area contributed by atoms with Crippen molar-refractivity contribution in [2.24, 2.45) is 5.73 Å². The Morgan fingerprint density at radius 1 is 1.39 bits per heavy atom. The van der Waals surface area contributed by atoms with E-state index in [0.29, 0.717) is 5.69 Å². The Balaban J connectivity index is 2.73. The summed E-state index contributed by atoms with van der Waals surface area (Å²) in [7, 11) is 0. The smallest absolute Gasteiger partial charge is 0.323 e. The van der Waals surface area contributed by atoms with Crippen molar-refractivity contribution in [3.8, 4) is 0 Å². The lowest BCUT2D eigenvalue weighted by Gasteiger charge is -2.09. The van der Waals surface area contributed by atoms with Crippen LogP contribution in [0.5, 0.6) is 0 Å². The van der Waals surface area contributed by atoms with Gasteiger partial charge in [0.05, 0.1) is 6.61 Å². The van der Waals surface area contributed by atoms with Crippen molar-refractivity contribution < 1.29 is 14.3 Å². The number of pyridine rings is 1. The molecule has 0 aromatic carbocycles. The van der Waals surface area contributed by atoms with Crippen LogP contribution >= 0.6 is 0 Å². The minimum absolute atomic E-state index is 0.0886. The van der Waals surface area contributed by atoms with Crippen molar-refractivity contribution in [1.29, 1.82) is 0 Å². The number of ether oxygens (including phenoxy) is 1. The number of carbonyl (C=O) groups excluding carboxylic acids is 2. The fraction of sp³-hybridized carbons (Fsp3) is 0.462. The van der Waals surface area contributed by atoms with E-state index >= 15 is 0 Å². The summed E-state index contributed by atoms with van der Waals surface area (Å²) in [6, 6.07) is 2.63. The SMILES string of the molecule is CCOC(=O)C(N)CC(=O)c1cc(C)cc(C)n1. The maximum Gasteiger partial charge on any atom is 0.323 e. The summed E-state index contributed by atoms with van der Waals surface area (Å²) < 4.78 is 4.75. The highest BCUT2D eigenvalue weighted by atomic mass is 16.5. The van der Waals surface area contributed by atoms with Gasteiger partial charge in [0.15, 0.2) is 5.78 Å². The van der Waals surface area contributed by atoms with Gasteiger partial charge < -0.3 is 10.5 Å². The van der Waals surface area contributed by atoms with E-state index in [0.717, 1.165) is 11.3 Å². The number of ketones is 1. The van der Waals surface area contributed by atoms with Crippen LogP contribution in [0.2, 0.25) is 0 Å². The first-order chi connectivity index (χ1) is 8.43. The van der Waals surface area contributed by atoms with Crippen molar-refractivity contribution in [3.05, 3.63) is 29.1 Å². The van der Waals surface area contributed by atoms with Crippen LogP contribution in [0.3, 0.4) is 0 Å². The van der Waals surface area contributed by atoms with Gasteiger partial charge in [0, 0.05) is 12.1 Å². The summed E-state index contributed by atoms with van der Waals surface area (Å²) in [5.74, 6) is -0.808. The molecular weight excluding hydrogens is 232 g/mol. The van der Waals surface area contributed by atoms with Crippen molar-refractivity contribution >= 4 is 11.8 Å². The Bertz CT molecular complexity index is 437. The molecule has 0 aliphatic rings. The van der Waals surface area contributed by atoms with E-state index < -0.39 is 12.0 Å². The molecule has 1 unspecified atom stereocenters. The van der Waals surface area contributed by atoms with Crippen LogP contribution in [-0.2, 0) is 9.53 Å². The minimum atomic E-state index is -0.930. The number of rotatable bonds is 5. The molecule has 0 spiro atoms. The molecule has 0 bridgehead atoms. The van der Waals surface area contributed by atoms with E-state index in [4.69, 9.17) is 10.5 Å². The van der Waals surface area contributed by atoms with Crippen LogP contribution in [0, 0.1) is 13.8 Å². The fourth-order valence-corrected chi connectivity index (χ4v) is 1.62. The lowest BCUT2D eigenvalue weighted by atomic mass is 10.1. The van der Waals surface area contributed by atoms with E-state index in [1.165, 1.54) is 0 Å². The molecule has 1 aromatic heterocycles. The molecule has 0 fully saturated rings. The summed E-state index contributed by atoms with van der Waals surface area (Å²) in [5, 5.41) is 0. The number of carbonyl (C=O) groups is 2. The highest BCUT2D eigenvalue weighted by Crippen LogP contribution is 2.08. The van der Waals surface area contributed by atoms with Gasteiger partial charge in [-0.25, -0.2) is 0 Å². The van der Waals surface area contributed by atoms with Gasteiger partial charge in [-0.2, -0.15) is 0 Å². The molecule has 0 amide bonds. The minimum Gasteiger partial charge on any atom is -0.465 e. The van der Waals surface area contributed by atoms with Gasteiger partial charge >= 0.3 is 5.97 Å². The third-order valence-corrected chi connectivity index (χ3v) is 2.38. The number of nitrogens with zero attached hydrogens (tertiary/aromatic N) is 1. The predicted molar refractivity (Wildman–Crippen MR) is 67.3 cm³/mol. The van der Waals surface area contributed by atoms with Crippen LogP contribution in [-0.4, -0.2) is 29.4 Å². The first kappa shape index (κ1) is 14.3. The summed E-state index contributed by atoms with van der Waals surface area (Å²) in [6.07, 6.45) is -0.0886. The van der Waals surface area contributed by atoms with E-state index in [1.54, 1.807) is 13.0 Å². The highest BCUT2D eigenvalue weighted by molar-refractivity contribution is 5.97. The van der Waals surface area contributed by atoms with Gasteiger partial charge in [0.2, 0.25) is 0 Å². The first-order valence-electron chi connectivity index (χ1n) is 5.84. The summed E-state index contributed by atoms with van der Waals surface area (Å²) >= 11 is 0. The molecule has 0 aliphatic carbocycles. The molecule has 1 heterocycles. The second-order valence-electron chi connectivity index (χ2n) is 4.16. The number of esters is 1. The molecule has 5 heteroatoms. The Kier molecular flexibility index (Phi) is 4.97. The lowest BCUT2D eigenvalue weighted by Crippen LogP contribution is -2.34. The van der Waals surface area contributed by atoms with Crippen LogP contribution in [0.25, 0.3) is 0 Å². The molecule has 0 saturated heterocycles. The number of hydrogen-bond acceptors (Lipinski definition) is 5. The molecule has 2 N–H and O–H groups in total. The van der Waals surface area contributed by atoms with Crippen molar-refractivity contribution in [2.45, 2.75) is 33.2 Å². The number of Topliss-reactive ketones (excluding diaryl/α,β-unsaturated/α-hetero) is 1. The summed E-state index contributed by atoms with van der Waals surface area (Å²) in [6.45, 7) is 5.65. The second-order valence-corrected chi connectivity index (χ2v) is 4.16. The molecule has 1 aromatic rings. The Morgan fingerprint density at radius 3 is 2.61 bits per heavy atom. The lowest BCUT2D eigenvalue weighted by molar-refractivity contribution is -0.144. The molecule has 0 saturated carbocycles. The van der Waals surface area contributed by atoms with Crippen LogP contribution in [0.15, 0.2) is 12.1 Å². The molecule has 1 rings (SSSR count). The van der Waals surface area contributed by atoms with Gasteiger partial charge in [0.1, 0.15) is 11.7 Å². The normalized spacial score (nSPS) is 12.0. The fourth-order valence-electron chi connectivity index (χ4n) is 1.62. The molecule has 18 heavy (non-hydrogen) atoms. The van der Waals surface area contributed by atoms with Gasteiger partial charge in [-0.05, 0) is 38.5 Å². The third kappa shape index (κ3) is 3.92. The Morgan fingerprint density at radius 2 is 2.06 bits per heavy atom. The monoisotopic (exact) mass is 250 g/mol. The maximum atomic E-state index is 11.9. The van der Waals surface area contributed by atoms with Gasteiger partial charge in [-0.3, -0.25) is 14.6 Å². The number of hydrogen-bond donors (Lipinski definition) is 1. The average molecular weight is 250 g/mol. The van der Waals surface area contributed by atoms with Crippen LogP contribution in [0.4, 0.5) is 0 Å². The van der Waals surface area contributed by atoms with E-state index in [-0.39, 0.29) is 18.8 Å². The van der Waals surface area contributed by atoms with Crippen LogP contribution < -0.4 is 5.73 Å². The molecule has 0 aliphatic heterocycles. The quantitative estimate of drug-likeness (QED) is 0.626. The second kappa shape index (κ2) is 6.26. The largest absolute Gasteiger partial charge is 0.465 e. The number of aryl methyl sites for hydroxylation is 2. The zero-order valence-corrected chi connectivity index (χ0v) is 10.9. The van der Waals surface area contributed by atoms with Gasteiger partial charge in [-0.1, -0.05) is 0 Å². The molecule has 0 radical (unpaired) electrons. The number of nitrogens with two attached hydrogens (primary N) is 1. The zero-order chi connectivity index (χ0) is 13.7. The van der Waals surface area contributed by atoms with E-state index in [2.05, 4.69) is 4.98 Å². The molecule has 5 nitrogen and oxygen atoms in total. The average Bonchev–Trinajstić information content (AvgIpc) is 2.27. The molecule has 98 valence electrons. The Hall–Kier alpha value is -1.75. The van der Waals surface area contributed by atoms with Gasteiger partial charge in [-0.15, -0.1) is 0 Å². The van der Waals surface area contributed by atoms with Crippen molar-refractivity contribution in [3.63, 3.8) is 0 Å². The summed E-state index contributed by atoms with van der Waals surface area (Å²) in [5.41, 5.74) is 7.66. The summed E-state index contributed by atoms with van der Waals surface area (Å²) in [4.78, 5) is 27.4. The van der Waals surface area contributed by atoms with Crippen LogP contribution in [0.1, 0.15) is 35.1 Å². The van der Waals surface area contributed by atoms with E-state index in [1.807, 2.05) is 19.9 Å². The zero-order valence-electron chi connectivity index (χ0n) is 10.9. The van der Waals surface area contributed by atoms with Crippen molar-refractivity contribution in [1.82, 2.24) is 4.98 Å². The van der Waals surface area contributed by atoms with E-state index in [9.17, 15) is 9.59 Å². The third-order valence-electron chi connectivity index (χ3n) is 2.38. The van der Waals surface area contributed by atoms with Gasteiger partial charge in [0.25, 0.3) is 0 Å². The predicted octanol–water partition coefficient (Wildman–Crippen LogP) is 1.16. The molecular formula is C13H18N2O3. The maximum absolute atomic E-state index is 11.9. The first-order valence-corrected chi connectivity index (χ1v) is 5.84. The topological polar surface area (TPSA) is 82.3 Å².